The van der Waals surface area contributed by atoms with Crippen LogP contribution in [0.1, 0.15) is 6.42 Å². The second kappa shape index (κ2) is 7.94. The molecule has 0 spiro atoms. The molecule has 0 saturated carbocycles. The molecule has 0 aliphatic heterocycles. The van der Waals surface area contributed by atoms with Gasteiger partial charge in [0, 0.05) is 31.2 Å². The minimum Gasteiger partial charge on any atom is -0.475 e. The van der Waals surface area contributed by atoms with E-state index in [0.717, 1.165) is 0 Å². The summed E-state index contributed by atoms with van der Waals surface area (Å²) in [6.45, 7) is 7.90. The molecule has 2 rings (SSSR count). The lowest BCUT2D eigenvalue weighted by Gasteiger charge is -2.12. The molecule has 0 fully saturated rings. The first kappa shape index (κ1) is 17.2. The van der Waals surface area contributed by atoms with Crippen LogP contribution in [0.15, 0.2) is 42.7 Å². The summed E-state index contributed by atoms with van der Waals surface area (Å²) in [5.74, 6) is 0.385. The van der Waals surface area contributed by atoms with Gasteiger partial charge in [-0.25, -0.2) is 9.97 Å². The fourth-order valence-electron chi connectivity index (χ4n) is 1.92. The van der Waals surface area contributed by atoms with Crippen molar-refractivity contribution in [2.45, 2.75) is 6.42 Å². The first-order chi connectivity index (χ1) is 11.1. The number of rotatable bonds is 6. The Bertz CT molecular complexity index is 799. The quantitative estimate of drug-likeness (QED) is 0.451. The largest absolute Gasteiger partial charge is 0.475 e. The molecule has 7 heteroatoms. The predicted molar refractivity (Wildman–Crippen MR) is 93.7 cm³/mol. The van der Waals surface area contributed by atoms with E-state index in [1.54, 1.807) is 36.2 Å². The summed E-state index contributed by atoms with van der Waals surface area (Å²) in [7, 11) is 1.66. The average Bonchev–Trinajstić information content (AvgIpc) is 2.56. The summed E-state index contributed by atoms with van der Waals surface area (Å²) >= 11 is 12.2. The second-order valence-electron chi connectivity index (χ2n) is 4.48. The highest BCUT2D eigenvalue weighted by atomic mass is 35.5. The normalized spacial score (nSPS) is 11.3. The third-order valence-electron chi connectivity index (χ3n) is 2.99. The lowest BCUT2D eigenvalue weighted by Crippen LogP contribution is -2.22. The van der Waals surface area contributed by atoms with Gasteiger partial charge in [0.1, 0.15) is 5.15 Å². The maximum atomic E-state index is 6.21. The molecule has 0 aliphatic carbocycles. The van der Waals surface area contributed by atoms with Crippen molar-refractivity contribution >= 4 is 29.4 Å². The fourth-order valence-corrected chi connectivity index (χ4v) is 2.27. The molecule has 2 heterocycles. The summed E-state index contributed by atoms with van der Waals surface area (Å²) < 4.78 is 7.43. The van der Waals surface area contributed by atoms with Crippen LogP contribution in [-0.4, -0.2) is 28.2 Å². The molecule has 0 bridgehead atoms. The Morgan fingerprint density at radius 2 is 2.17 bits per heavy atom. The second-order valence-corrected chi connectivity index (χ2v) is 5.28. The minimum atomic E-state index is 0.328. The summed E-state index contributed by atoms with van der Waals surface area (Å²) in [5.41, 5.74) is 1.79. The summed E-state index contributed by atoms with van der Waals surface area (Å²) in [6.07, 6.45) is 7.33. The van der Waals surface area contributed by atoms with E-state index in [0.29, 0.717) is 45.8 Å². The van der Waals surface area contributed by atoms with Gasteiger partial charge in [0.25, 0.3) is 5.88 Å². The molecule has 0 aromatic carbocycles. The van der Waals surface area contributed by atoms with Gasteiger partial charge in [0.05, 0.1) is 17.3 Å². The van der Waals surface area contributed by atoms with Gasteiger partial charge >= 0.3 is 0 Å². The highest BCUT2D eigenvalue weighted by molar-refractivity contribution is 6.34. The van der Waals surface area contributed by atoms with Crippen LogP contribution in [-0.2, 0) is 0 Å². The van der Waals surface area contributed by atoms with Crippen molar-refractivity contribution in [2.24, 2.45) is 4.99 Å². The third-order valence-corrected chi connectivity index (χ3v) is 3.49. The van der Waals surface area contributed by atoms with E-state index in [1.165, 1.54) is 6.20 Å². The predicted octanol–water partition coefficient (Wildman–Crippen LogP) is 3.84. The number of hydrogen-bond donors (Lipinski definition) is 0. The van der Waals surface area contributed by atoms with Crippen molar-refractivity contribution in [3.05, 3.63) is 53.4 Å². The number of nitrogens with zero attached hydrogens (tertiary/aromatic N) is 4. The molecule has 0 atom stereocenters. The maximum Gasteiger partial charge on any atom is 0.258 e. The van der Waals surface area contributed by atoms with Gasteiger partial charge in [0.15, 0.2) is 5.49 Å². The van der Waals surface area contributed by atoms with Crippen LogP contribution in [0, 0.1) is 0 Å². The maximum absolute atomic E-state index is 6.21. The van der Waals surface area contributed by atoms with Crippen LogP contribution in [0.4, 0.5) is 0 Å². The highest BCUT2D eigenvalue weighted by Crippen LogP contribution is 2.28. The molecule has 0 aliphatic rings. The molecule has 5 nitrogen and oxygen atoms in total. The third kappa shape index (κ3) is 4.00. The van der Waals surface area contributed by atoms with Gasteiger partial charge in [-0.2, -0.15) is 0 Å². The monoisotopic (exact) mass is 350 g/mol. The number of pyridine rings is 1. The van der Waals surface area contributed by atoms with Crippen LogP contribution in [0.3, 0.4) is 0 Å². The number of ether oxygens (including phenoxy) is 1. The molecular weight excluding hydrogens is 335 g/mol. The van der Waals surface area contributed by atoms with E-state index >= 15 is 0 Å². The van der Waals surface area contributed by atoms with Gasteiger partial charge in [-0.05, 0) is 12.5 Å². The minimum absolute atomic E-state index is 0.328. The lowest BCUT2D eigenvalue weighted by molar-refractivity contribution is 0.305. The van der Waals surface area contributed by atoms with Crippen molar-refractivity contribution in [1.82, 2.24) is 14.5 Å². The van der Waals surface area contributed by atoms with Crippen molar-refractivity contribution in [1.29, 1.82) is 0 Å². The van der Waals surface area contributed by atoms with E-state index in [4.69, 9.17) is 27.9 Å². The Morgan fingerprint density at radius 3 is 2.83 bits per heavy atom. The van der Waals surface area contributed by atoms with E-state index in [9.17, 15) is 0 Å². The van der Waals surface area contributed by atoms with Gasteiger partial charge in [-0.15, -0.1) is 6.58 Å². The van der Waals surface area contributed by atoms with Crippen LogP contribution in [0.25, 0.3) is 17.5 Å². The number of aromatic nitrogens is 3. The molecule has 23 heavy (non-hydrogen) atoms. The van der Waals surface area contributed by atoms with Gasteiger partial charge in [-0.1, -0.05) is 35.9 Å². The zero-order valence-corrected chi connectivity index (χ0v) is 14.2. The molecule has 2 aromatic heterocycles. The van der Waals surface area contributed by atoms with Crippen LogP contribution >= 0.6 is 23.2 Å². The molecule has 0 unspecified atom stereocenters. The van der Waals surface area contributed by atoms with E-state index in [2.05, 4.69) is 28.1 Å². The van der Waals surface area contributed by atoms with Gasteiger partial charge in [-0.3, -0.25) is 4.99 Å². The molecular formula is C16H16Cl2N4O. The molecule has 2 aromatic rings. The Labute approximate surface area is 144 Å². The first-order valence-corrected chi connectivity index (χ1v) is 7.60. The van der Waals surface area contributed by atoms with Gasteiger partial charge in [0.2, 0.25) is 0 Å². The molecule has 0 radical (unpaired) electrons. The first-order valence-electron chi connectivity index (χ1n) is 6.84. The topological polar surface area (TPSA) is 52.3 Å². The summed E-state index contributed by atoms with van der Waals surface area (Å²) in [4.78, 5) is 12.7. The summed E-state index contributed by atoms with van der Waals surface area (Å²) in [6, 6.07) is 1.65. The molecule has 0 amide bonds. The van der Waals surface area contributed by atoms with E-state index < -0.39 is 0 Å². The summed E-state index contributed by atoms with van der Waals surface area (Å²) in [5, 5.41) is 0.769. The van der Waals surface area contributed by atoms with E-state index in [1.807, 2.05) is 0 Å². The molecule has 0 saturated heterocycles. The highest BCUT2D eigenvalue weighted by Gasteiger charge is 2.12. The Morgan fingerprint density at radius 1 is 1.39 bits per heavy atom. The molecule has 0 N–H and O–H groups in total. The Kier molecular flexibility index (Phi) is 5.96. The van der Waals surface area contributed by atoms with Crippen molar-refractivity contribution < 1.29 is 4.74 Å². The van der Waals surface area contributed by atoms with Crippen molar-refractivity contribution in [3.8, 4) is 17.1 Å². The van der Waals surface area contributed by atoms with E-state index in [-0.39, 0.29) is 0 Å². The van der Waals surface area contributed by atoms with Gasteiger partial charge < -0.3 is 9.30 Å². The van der Waals surface area contributed by atoms with Crippen LogP contribution in [0.2, 0.25) is 10.2 Å². The Balaban J connectivity index is 2.61. The number of hydrogen-bond acceptors (Lipinski definition) is 4. The number of halogens is 2. The Hall–Kier alpha value is -2.11. The van der Waals surface area contributed by atoms with Crippen LogP contribution in [0.5, 0.6) is 5.88 Å². The smallest absolute Gasteiger partial charge is 0.258 e. The average molecular weight is 351 g/mol. The SMILES string of the molecule is C=CCCOc1nc(-c2cc(Cl)ncc2Cl)cn(C=C)c1=NC. The fraction of sp³-hybridized carbons (Fsp3) is 0.188. The van der Waals surface area contributed by atoms with Crippen LogP contribution < -0.4 is 10.2 Å². The zero-order valence-electron chi connectivity index (χ0n) is 12.7. The van der Waals surface area contributed by atoms with Crippen molar-refractivity contribution in [3.63, 3.8) is 0 Å². The standard InChI is InChI=1S/C16H16Cl2N4O/c1-4-6-7-23-16-15(19-3)22(5-2)10-13(21-16)11-8-14(18)20-9-12(11)17/h4-5,8-10H,1-2,6-7H2,3H3. The lowest BCUT2D eigenvalue weighted by atomic mass is 10.2. The zero-order chi connectivity index (χ0) is 16.8. The van der Waals surface area contributed by atoms with Crippen molar-refractivity contribution in [2.75, 3.05) is 13.7 Å². The molecule has 120 valence electrons.